The normalized spacial score (nSPS) is 19.9. The molecule has 2 aliphatic rings. The molecule has 4 N–H and O–H groups in total. The van der Waals surface area contributed by atoms with E-state index in [1.165, 1.54) is 6.07 Å². The first-order valence-corrected chi connectivity index (χ1v) is 14.6. The van der Waals surface area contributed by atoms with Crippen molar-refractivity contribution in [1.29, 1.82) is 0 Å². The van der Waals surface area contributed by atoms with Crippen molar-refractivity contribution < 1.29 is 23.8 Å². The number of benzene rings is 1. The van der Waals surface area contributed by atoms with Gasteiger partial charge in [-0.1, -0.05) is 19.1 Å². The number of aryl methyl sites for hydroxylation is 1. The van der Waals surface area contributed by atoms with Crippen LogP contribution in [0, 0.1) is 5.82 Å². The third kappa shape index (κ3) is 9.56. The maximum Gasteiger partial charge on any atom is 0.242 e. The predicted octanol–water partition coefficient (Wildman–Crippen LogP) is 2.76. The summed E-state index contributed by atoms with van der Waals surface area (Å²) in [7, 11) is 0. The third-order valence-corrected chi connectivity index (χ3v) is 7.15. The van der Waals surface area contributed by atoms with E-state index < -0.39 is 24.0 Å². The van der Waals surface area contributed by atoms with Gasteiger partial charge in [0.25, 0.3) is 0 Å². The summed E-state index contributed by atoms with van der Waals surface area (Å²) in [5.41, 5.74) is 2.74. The second-order valence-electron chi connectivity index (χ2n) is 9.54. The number of aliphatic hydroxyl groups is 1. The number of hydrogen-bond acceptors (Lipinski definition) is 7. The Balaban J connectivity index is 1.77. The van der Waals surface area contributed by atoms with E-state index in [1.807, 2.05) is 12.5 Å². The van der Waals surface area contributed by atoms with Crippen molar-refractivity contribution in [2.75, 3.05) is 25.2 Å². The maximum atomic E-state index is 14.7. The zero-order chi connectivity index (χ0) is 27.3. The molecule has 0 saturated carbocycles. The number of nitrogens with zero attached hydrogens (tertiary/aromatic N) is 1. The summed E-state index contributed by atoms with van der Waals surface area (Å²) in [6, 6.07) is 5.34. The van der Waals surface area contributed by atoms with E-state index >= 15 is 0 Å². The van der Waals surface area contributed by atoms with E-state index in [2.05, 4.69) is 33.9 Å². The molecule has 208 valence electrons. The van der Waals surface area contributed by atoms with Gasteiger partial charge < -0.3 is 25.8 Å². The zero-order valence-electron chi connectivity index (χ0n) is 22.2. The van der Waals surface area contributed by atoms with E-state index in [0.717, 1.165) is 17.5 Å². The van der Waals surface area contributed by atoms with Gasteiger partial charge in [0.2, 0.25) is 11.8 Å². The molecule has 2 aliphatic heterocycles. The number of halogens is 1. The van der Waals surface area contributed by atoms with Crippen molar-refractivity contribution >= 4 is 23.6 Å². The monoisotopic (exact) mass is 546 g/mol. The molecule has 0 radical (unpaired) electrons. The van der Waals surface area contributed by atoms with Gasteiger partial charge in [0, 0.05) is 31.9 Å². The smallest absolute Gasteiger partial charge is 0.242 e. The average Bonchev–Trinajstić information content (AvgIpc) is 2.91. The number of thioether (sulfide) groups is 1. The Labute approximate surface area is 228 Å². The molecule has 10 heteroatoms. The molecular formula is C28H39FN4O4S. The van der Waals surface area contributed by atoms with E-state index in [-0.39, 0.29) is 37.0 Å². The maximum absolute atomic E-state index is 14.7. The van der Waals surface area contributed by atoms with Crippen LogP contribution < -0.4 is 20.7 Å². The molecule has 0 saturated heterocycles. The lowest BCUT2D eigenvalue weighted by Crippen LogP contribution is -2.55. The van der Waals surface area contributed by atoms with Gasteiger partial charge in [-0.2, -0.15) is 11.8 Å². The van der Waals surface area contributed by atoms with Crippen LogP contribution in [-0.4, -0.2) is 65.3 Å². The van der Waals surface area contributed by atoms with E-state index in [4.69, 9.17) is 4.74 Å². The number of amides is 2. The summed E-state index contributed by atoms with van der Waals surface area (Å²) in [5.74, 6) is -0.226. The highest BCUT2D eigenvalue weighted by Crippen LogP contribution is 2.20. The van der Waals surface area contributed by atoms with Gasteiger partial charge in [0.15, 0.2) is 11.6 Å². The summed E-state index contributed by atoms with van der Waals surface area (Å²) >= 11 is 1.59. The molecule has 4 rings (SSSR count). The molecular weight excluding hydrogens is 507 g/mol. The summed E-state index contributed by atoms with van der Waals surface area (Å²) in [6.45, 7) is 3.07. The number of hydrogen-bond donors (Lipinski definition) is 4. The largest absolute Gasteiger partial charge is 0.491 e. The molecule has 8 nitrogen and oxygen atoms in total. The topological polar surface area (TPSA) is 113 Å². The lowest BCUT2D eigenvalue weighted by Gasteiger charge is -2.28. The van der Waals surface area contributed by atoms with Crippen molar-refractivity contribution in [2.45, 2.75) is 70.2 Å². The first kappa shape index (κ1) is 29.9. The van der Waals surface area contributed by atoms with Crippen molar-refractivity contribution in [1.82, 2.24) is 20.9 Å². The highest BCUT2D eigenvalue weighted by Gasteiger charge is 2.27. The fourth-order valence-electron chi connectivity index (χ4n) is 4.29. The van der Waals surface area contributed by atoms with Crippen LogP contribution in [0.25, 0.3) is 0 Å². The van der Waals surface area contributed by atoms with Crippen LogP contribution in [0.3, 0.4) is 0 Å². The molecule has 2 amide bonds. The summed E-state index contributed by atoms with van der Waals surface area (Å²) in [6.07, 6.45) is 7.54. The molecule has 3 heterocycles. The first-order valence-electron chi connectivity index (χ1n) is 13.2. The fraction of sp³-hybridized carbons (Fsp3) is 0.536. The first-order chi connectivity index (χ1) is 18.4. The lowest BCUT2D eigenvalue weighted by atomic mass is 9.99. The van der Waals surface area contributed by atoms with Crippen LogP contribution in [0.15, 0.2) is 36.7 Å². The van der Waals surface area contributed by atoms with E-state index in [0.29, 0.717) is 43.7 Å². The van der Waals surface area contributed by atoms with Gasteiger partial charge in [0.1, 0.15) is 6.04 Å². The number of aromatic nitrogens is 1. The minimum atomic E-state index is -0.962. The van der Waals surface area contributed by atoms with Crippen LogP contribution in [0.2, 0.25) is 0 Å². The molecule has 0 fully saturated rings. The second kappa shape index (κ2) is 15.7. The van der Waals surface area contributed by atoms with Crippen molar-refractivity contribution in [3.63, 3.8) is 0 Å². The standard InChI is InChI=1S/C28H39FN4O4S/c1-3-19-12-21(16-30-15-19)17-31-18-25(34)24-14-20-7-8-26(22(29)13-20)37-10-5-4-6-27(35)32-23(9-11-38-2)28(36)33-24/h7-8,12-13,15-16,23-25,31,34H,3-6,9-11,14,17-18H2,1-2H3,(H,32,35)(H,33,36). The molecule has 2 bridgehead atoms. The Hall–Kier alpha value is -2.69. The average molecular weight is 547 g/mol. The molecule has 0 aliphatic carbocycles. The number of nitrogens with one attached hydrogen (secondary N) is 3. The lowest BCUT2D eigenvalue weighted by molar-refractivity contribution is -0.130. The number of aliphatic hydroxyl groups excluding tert-OH is 1. The van der Waals surface area contributed by atoms with Gasteiger partial charge in [-0.25, -0.2) is 4.39 Å². The Bertz CT molecular complexity index is 1060. The third-order valence-electron chi connectivity index (χ3n) is 6.50. The highest BCUT2D eigenvalue weighted by molar-refractivity contribution is 7.98. The highest BCUT2D eigenvalue weighted by atomic mass is 32.2. The Morgan fingerprint density at radius 3 is 2.79 bits per heavy atom. The van der Waals surface area contributed by atoms with Gasteiger partial charge in [-0.3, -0.25) is 14.6 Å². The van der Waals surface area contributed by atoms with E-state index in [1.54, 1.807) is 30.1 Å². The number of pyridine rings is 1. The van der Waals surface area contributed by atoms with E-state index in [9.17, 15) is 19.1 Å². The molecule has 1 aromatic heterocycles. The number of fused-ring (bicyclic) bond motifs is 13. The molecule has 1 aromatic carbocycles. The number of carbonyl (C=O) groups is 2. The number of carbonyl (C=O) groups excluding carboxylic acids is 2. The number of rotatable bonds is 9. The summed E-state index contributed by atoms with van der Waals surface area (Å²) < 4.78 is 20.3. The van der Waals surface area contributed by atoms with Gasteiger partial charge in [0.05, 0.1) is 18.8 Å². The number of ether oxygens (including phenoxy) is 1. The molecule has 3 unspecified atom stereocenters. The molecule has 0 spiro atoms. The minimum Gasteiger partial charge on any atom is -0.491 e. The van der Waals surface area contributed by atoms with Crippen LogP contribution in [0.4, 0.5) is 4.39 Å². The summed E-state index contributed by atoms with van der Waals surface area (Å²) in [5, 5.41) is 20.1. The van der Waals surface area contributed by atoms with Crippen LogP contribution in [0.1, 0.15) is 49.3 Å². The predicted molar refractivity (Wildman–Crippen MR) is 148 cm³/mol. The Kier molecular flexibility index (Phi) is 12.3. The quantitative estimate of drug-likeness (QED) is 0.383. The summed E-state index contributed by atoms with van der Waals surface area (Å²) in [4.78, 5) is 30.1. The van der Waals surface area contributed by atoms with Crippen molar-refractivity contribution in [3.8, 4) is 5.75 Å². The van der Waals surface area contributed by atoms with Crippen LogP contribution >= 0.6 is 11.8 Å². The van der Waals surface area contributed by atoms with Gasteiger partial charge in [-0.05, 0) is 72.9 Å². The molecule has 2 aromatic rings. The van der Waals surface area contributed by atoms with Crippen LogP contribution in [0.5, 0.6) is 5.75 Å². The SMILES string of the molecule is CCc1cncc(CNCC(O)C2Cc3ccc(c(F)c3)OCCCCC(=O)NC(CCSC)C(=O)N2)c1. The van der Waals surface area contributed by atoms with Crippen molar-refractivity contribution in [3.05, 3.63) is 59.2 Å². The zero-order valence-corrected chi connectivity index (χ0v) is 23.0. The van der Waals surface area contributed by atoms with Crippen LogP contribution in [-0.2, 0) is 29.0 Å². The van der Waals surface area contributed by atoms with Gasteiger partial charge >= 0.3 is 0 Å². The second-order valence-corrected chi connectivity index (χ2v) is 10.5. The fourth-order valence-corrected chi connectivity index (χ4v) is 4.76. The Morgan fingerprint density at radius 1 is 1.21 bits per heavy atom. The Morgan fingerprint density at radius 2 is 2.03 bits per heavy atom. The van der Waals surface area contributed by atoms with Gasteiger partial charge in [-0.15, -0.1) is 0 Å². The van der Waals surface area contributed by atoms with Crippen molar-refractivity contribution in [2.24, 2.45) is 0 Å². The minimum absolute atomic E-state index is 0.146. The molecule has 3 atom stereocenters. The molecule has 38 heavy (non-hydrogen) atoms.